The van der Waals surface area contributed by atoms with Crippen LogP contribution >= 0.6 is 11.6 Å². The molecule has 0 bridgehead atoms. The predicted octanol–water partition coefficient (Wildman–Crippen LogP) is 5.37. The van der Waals surface area contributed by atoms with Gasteiger partial charge in [-0.05, 0) is 67.4 Å². The van der Waals surface area contributed by atoms with Gasteiger partial charge in [0.2, 0.25) is 11.8 Å². The fourth-order valence-corrected chi connectivity index (χ4v) is 4.66. The molecule has 8 nitrogen and oxygen atoms in total. The maximum absolute atomic E-state index is 13.7. The van der Waals surface area contributed by atoms with Crippen LogP contribution < -0.4 is 15.6 Å². The van der Waals surface area contributed by atoms with Crippen molar-refractivity contribution in [3.63, 3.8) is 0 Å². The highest BCUT2D eigenvalue weighted by Gasteiger charge is 2.29. The second kappa shape index (κ2) is 10.6. The van der Waals surface area contributed by atoms with Crippen molar-refractivity contribution in [2.75, 3.05) is 11.9 Å². The van der Waals surface area contributed by atoms with E-state index in [1.165, 1.54) is 4.68 Å². The van der Waals surface area contributed by atoms with Crippen molar-refractivity contribution in [1.29, 1.82) is 0 Å². The summed E-state index contributed by atoms with van der Waals surface area (Å²) in [5, 5.41) is 3.36. The molecule has 2 heterocycles. The molecule has 38 heavy (non-hydrogen) atoms. The molecular weight excluding hydrogens is 506 g/mol. The van der Waals surface area contributed by atoms with Crippen LogP contribution in [-0.2, 0) is 28.9 Å². The average molecular weight is 532 g/mol. The van der Waals surface area contributed by atoms with Gasteiger partial charge in [-0.3, -0.25) is 9.59 Å². The zero-order valence-electron chi connectivity index (χ0n) is 21.0. The molecule has 5 rings (SSSR count). The fraction of sp³-hybridized carbons (Fsp3) is 0.207. The Bertz CT molecular complexity index is 1590. The van der Waals surface area contributed by atoms with E-state index < -0.39 is 11.9 Å². The number of rotatable bonds is 7. The third-order valence-corrected chi connectivity index (χ3v) is 6.56. The molecule has 0 radical (unpaired) electrons. The number of amides is 1. The van der Waals surface area contributed by atoms with Gasteiger partial charge >= 0.3 is 5.97 Å². The van der Waals surface area contributed by atoms with E-state index in [1.807, 2.05) is 24.3 Å². The van der Waals surface area contributed by atoms with E-state index in [0.29, 0.717) is 45.6 Å². The Morgan fingerprint density at radius 1 is 1.05 bits per heavy atom. The van der Waals surface area contributed by atoms with Gasteiger partial charge in [-0.1, -0.05) is 36.7 Å². The number of fused-ring (bicyclic) bond motifs is 2. The summed E-state index contributed by atoms with van der Waals surface area (Å²) >= 11 is 6.17. The van der Waals surface area contributed by atoms with E-state index in [2.05, 4.69) is 12.2 Å². The smallest absolute Gasteiger partial charge is 0.338 e. The van der Waals surface area contributed by atoms with Crippen molar-refractivity contribution < 1.29 is 19.1 Å². The van der Waals surface area contributed by atoms with Crippen LogP contribution in [-0.4, -0.2) is 27.8 Å². The first-order valence-electron chi connectivity index (χ1n) is 12.3. The minimum atomic E-state index is -0.473. The molecule has 1 aromatic heterocycles. The maximum atomic E-state index is 13.7. The van der Waals surface area contributed by atoms with Crippen molar-refractivity contribution >= 4 is 29.2 Å². The van der Waals surface area contributed by atoms with Crippen LogP contribution in [0.5, 0.6) is 11.6 Å². The van der Waals surface area contributed by atoms with Crippen LogP contribution in [0.2, 0.25) is 5.02 Å². The quantitative estimate of drug-likeness (QED) is 0.285. The second-order valence-corrected chi connectivity index (χ2v) is 9.30. The number of benzene rings is 3. The highest BCUT2D eigenvalue weighted by Crippen LogP contribution is 2.37. The zero-order valence-corrected chi connectivity index (χ0v) is 21.7. The molecule has 0 saturated carbocycles. The zero-order chi connectivity index (χ0) is 26.8. The molecular formula is C29H26ClN3O5. The molecule has 0 fully saturated rings. The van der Waals surface area contributed by atoms with E-state index in [4.69, 9.17) is 21.1 Å². The van der Waals surface area contributed by atoms with Crippen molar-refractivity contribution in [1.82, 2.24) is 9.36 Å². The van der Waals surface area contributed by atoms with Crippen LogP contribution in [0, 0.1) is 0 Å². The first kappa shape index (κ1) is 25.4. The third-order valence-electron chi connectivity index (χ3n) is 6.32. The summed E-state index contributed by atoms with van der Waals surface area (Å²) in [4.78, 5) is 39.0. The lowest BCUT2D eigenvalue weighted by Crippen LogP contribution is -2.27. The monoisotopic (exact) mass is 531 g/mol. The van der Waals surface area contributed by atoms with Crippen LogP contribution in [0.4, 0.5) is 5.69 Å². The van der Waals surface area contributed by atoms with Gasteiger partial charge in [-0.15, -0.1) is 0 Å². The first-order chi connectivity index (χ1) is 18.4. The molecule has 0 spiro atoms. The molecule has 0 aliphatic carbocycles. The number of anilines is 1. The number of hydrogen-bond donors (Lipinski definition) is 1. The Balaban J connectivity index is 1.51. The standard InChI is InChI=1S/C29H26ClN3O5/c1-3-18-8-11-23(12-9-18)33-27(35)24-16-20-14-21(30)10-13-25(20)38-28(24)32(33)17-26(34)31-22-7-5-6-19(15-22)29(36)37-4-2/h5-15H,3-4,16-17H2,1-2H3,(H,31,34). The van der Waals surface area contributed by atoms with Crippen LogP contribution in [0.3, 0.4) is 0 Å². The molecule has 194 valence electrons. The number of carbonyl (C=O) groups is 2. The Morgan fingerprint density at radius 2 is 1.84 bits per heavy atom. The number of nitrogens with zero attached hydrogens (tertiary/aromatic N) is 2. The largest absolute Gasteiger partial charge is 0.462 e. The van der Waals surface area contributed by atoms with Gasteiger partial charge in [0.15, 0.2) is 0 Å². The number of nitrogens with one attached hydrogen (secondary N) is 1. The lowest BCUT2D eigenvalue weighted by molar-refractivity contribution is -0.117. The molecule has 1 aliphatic rings. The summed E-state index contributed by atoms with van der Waals surface area (Å²) < 4.78 is 14.2. The van der Waals surface area contributed by atoms with Gasteiger partial charge < -0.3 is 14.8 Å². The molecule has 9 heteroatoms. The van der Waals surface area contributed by atoms with Gasteiger partial charge in [0.25, 0.3) is 5.56 Å². The van der Waals surface area contributed by atoms with E-state index in [1.54, 1.807) is 54.1 Å². The van der Waals surface area contributed by atoms with Gasteiger partial charge in [0.05, 0.1) is 23.4 Å². The Hall–Kier alpha value is -4.30. The lowest BCUT2D eigenvalue weighted by atomic mass is 10.0. The van der Waals surface area contributed by atoms with Gasteiger partial charge in [0, 0.05) is 22.7 Å². The minimum absolute atomic E-state index is 0.202. The van der Waals surface area contributed by atoms with E-state index in [-0.39, 0.29) is 18.7 Å². The van der Waals surface area contributed by atoms with E-state index >= 15 is 0 Å². The van der Waals surface area contributed by atoms with Crippen LogP contribution in [0.1, 0.15) is 40.9 Å². The predicted molar refractivity (Wildman–Crippen MR) is 145 cm³/mol. The SMILES string of the molecule is CCOC(=O)c1cccc(NC(=O)Cn2c3c(c(=O)n2-c2ccc(CC)cc2)Cc2cc(Cl)ccc2O3)c1. The number of hydrogen-bond acceptors (Lipinski definition) is 5. The average Bonchev–Trinajstić information content (AvgIpc) is 3.17. The van der Waals surface area contributed by atoms with Crippen molar-refractivity contribution in [3.8, 4) is 17.3 Å². The van der Waals surface area contributed by atoms with Crippen molar-refractivity contribution in [2.24, 2.45) is 0 Å². The molecule has 1 amide bonds. The summed E-state index contributed by atoms with van der Waals surface area (Å²) in [6, 6.07) is 19.4. The summed E-state index contributed by atoms with van der Waals surface area (Å²) in [5.74, 6) is 0.0179. The number of ether oxygens (including phenoxy) is 2. The highest BCUT2D eigenvalue weighted by atomic mass is 35.5. The minimum Gasteiger partial charge on any atom is -0.462 e. The molecule has 0 unspecified atom stereocenters. The van der Waals surface area contributed by atoms with Crippen LogP contribution in [0.15, 0.2) is 71.5 Å². The van der Waals surface area contributed by atoms with Gasteiger partial charge in [-0.2, -0.15) is 0 Å². The Kier molecular flexibility index (Phi) is 7.07. The molecule has 0 atom stereocenters. The molecule has 4 aromatic rings. The fourth-order valence-electron chi connectivity index (χ4n) is 4.47. The number of halogens is 1. The second-order valence-electron chi connectivity index (χ2n) is 8.86. The van der Waals surface area contributed by atoms with Gasteiger partial charge in [-0.25, -0.2) is 14.2 Å². The first-order valence-corrected chi connectivity index (χ1v) is 12.7. The summed E-state index contributed by atoms with van der Waals surface area (Å²) in [7, 11) is 0. The molecule has 0 saturated heterocycles. The van der Waals surface area contributed by atoms with Crippen molar-refractivity contribution in [2.45, 2.75) is 33.2 Å². The topological polar surface area (TPSA) is 91.6 Å². The third kappa shape index (κ3) is 4.95. The van der Waals surface area contributed by atoms with Crippen molar-refractivity contribution in [3.05, 3.63) is 104 Å². The Morgan fingerprint density at radius 3 is 2.58 bits per heavy atom. The summed E-state index contributed by atoms with van der Waals surface area (Å²) in [6.45, 7) is 3.83. The summed E-state index contributed by atoms with van der Waals surface area (Å²) in [5.41, 5.74) is 3.47. The Labute approximate surface area is 224 Å². The van der Waals surface area contributed by atoms with Gasteiger partial charge in [0.1, 0.15) is 12.3 Å². The number of aromatic nitrogens is 2. The molecule has 1 N–H and O–H groups in total. The lowest BCUT2D eigenvalue weighted by Gasteiger charge is -2.20. The van der Waals surface area contributed by atoms with Crippen LogP contribution in [0.25, 0.3) is 5.69 Å². The number of carbonyl (C=O) groups excluding carboxylic acids is 2. The highest BCUT2D eigenvalue weighted by molar-refractivity contribution is 6.30. The molecule has 3 aromatic carbocycles. The number of aryl methyl sites for hydroxylation is 1. The summed E-state index contributed by atoms with van der Waals surface area (Å²) in [6.07, 6.45) is 1.19. The van der Waals surface area contributed by atoms with E-state index in [9.17, 15) is 14.4 Å². The normalized spacial score (nSPS) is 11.8. The van der Waals surface area contributed by atoms with E-state index in [0.717, 1.165) is 17.5 Å². The maximum Gasteiger partial charge on any atom is 0.338 e. The molecule has 1 aliphatic heterocycles. The number of esters is 1.